The van der Waals surface area contributed by atoms with Crippen molar-refractivity contribution in [3.63, 3.8) is 0 Å². The third kappa shape index (κ3) is 9.70. The molecule has 0 saturated carbocycles. The van der Waals surface area contributed by atoms with Crippen LogP contribution in [-0.2, 0) is 11.3 Å². The van der Waals surface area contributed by atoms with Crippen molar-refractivity contribution in [1.29, 1.82) is 0 Å². The largest absolute Gasteiger partial charge is 0.381 e. The molecule has 1 aromatic rings. The van der Waals surface area contributed by atoms with E-state index in [-0.39, 0.29) is 36.1 Å². The standard InChI is InChI=1S/C16H25F2N3O.HI/c1-3-4-9-22-10-5-8-20-16(19-2)21-12-13-11-14(17)6-7-15(13)18;/h6-7,11H,3-5,8-10,12H2,1-2H3,(H2,19,20,21);1H. The van der Waals surface area contributed by atoms with Gasteiger partial charge >= 0.3 is 0 Å². The van der Waals surface area contributed by atoms with Crippen molar-refractivity contribution in [3.8, 4) is 0 Å². The van der Waals surface area contributed by atoms with Crippen molar-refractivity contribution in [2.24, 2.45) is 4.99 Å². The lowest BCUT2D eigenvalue weighted by Gasteiger charge is -2.12. The Morgan fingerprint density at radius 3 is 2.61 bits per heavy atom. The number of benzene rings is 1. The van der Waals surface area contributed by atoms with Crippen LogP contribution < -0.4 is 10.6 Å². The Balaban J connectivity index is 0.00000484. The van der Waals surface area contributed by atoms with Crippen molar-refractivity contribution >= 4 is 29.9 Å². The zero-order chi connectivity index (χ0) is 16.2. The third-order valence-electron chi connectivity index (χ3n) is 3.08. The number of nitrogens with zero attached hydrogens (tertiary/aromatic N) is 1. The first-order valence-electron chi connectivity index (χ1n) is 7.63. The number of rotatable bonds is 9. The fraction of sp³-hybridized carbons (Fsp3) is 0.562. The third-order valence-corrected chi connectivity index (χ3v) is 3.08. The van der Waals surface area contributed by atoms with Gasteiger partial charge in [-0.3, -0.25) is 4.99 Å². The lowest BCUT2D eigenvalue weighted by molar-refractivity contribution is 0.129. The first-order chi connectivity index (χ1) is 10.7. The number of aliphatic imine (C=N–C) groups is 1. The molecule has 1 rings (SSSR count). The quantitative estimate of drug-likeness (QED) is 0.267. The van der Waals surface area contributed by atoms with E-state index in [1.54, 1.807) is 7.05 Å². The molecule has 0 atom stereocenters. The van der Waals surface area contributed by atoms with Gasteiger partial charge in [0.1, 0.15) is 11.6 Å². The molecule has 0 bridgehead atoms. The summed E-state index contributed by atoms with van der Waals surface area (Å²) in [6.07, 6.45) is 3.07. The molecule has 1 aromatic carbocycles. The molecule has 0 amide bonds. The minimum Gasteiger partial charge on any atom is -0.381 e. The number of hydrogen-bond donors (Lipinski definition) is 2. The molecule has 2 N–H and O–H groups in total. The Bertz CT molecular complexity index is 473. The van der Waals surface area contributed by atoms with Crippen LogP contribution in [0.5, 0.6) is 0 Å². The minimum absolute atomic E-state index is 0. The highest BCUT2D eigenvalue weighted by molar-refractivity contribution is 14.0. The summed E-state index contributed by atoms with van der Waals surface area (Å²) in [5.74, 6) is -0.337. The Hall–Kier alpha value is -0.960. The molecule has 0 aliphatic carbocycles. The molecule has 0 aromatic heterocycles. The van der Waals surface area contributed by atoms with Crippen molar-refractivity contribution in [2.75, 3.05) is 26.8 Å². The van der Waals surface area contributed by atoms with Gasteiger partial charge in [0.15, 0.2) is 5.96 Å². The smallest absolute Gasteiger partial charge is 0.191 e. The number of halogens is 3. The summed E-state index contributed by atoms with van der Waals surface area (Å²) in [7, 11) is 1.63. The van der Waals surface area contributed by atoms with Crippen molar-refractivity contribution in [2.45, 2.75) is 32.7 Å². The lowest BCUT2D eigenvalue weighted by Crippen LogP contribution is -2.37. The van der Waals surface area contributed by atoms with Gasteiger partial charge < -0.3 is 15.4 Å². The topological polar surface area (TPSA) is 45.6 Å². The minimum atomic E-state index is -0.453. The van der Waals surface area contributed by atoms with Gasteiger partial charge in [-0.15, -0.1) is 24.0 Å². The van der Waals surface area contributed by atoms with E-state index in [1.165, 1.54) is 6.07 Å². The summed E-state index contributed by atoms with van der Waals surface area (Å²) in [5, 5.41) is 6.06. The summed E-state index contributed by atoms with van der Waals surface area (Å²) >= 11 is 0. The van der Waals surface area contributed by atoms with Gasteiger partial charge in [0.25, 0.3) is 0 Å². The fourth-order valence-corrected chi connectivity index (χ4v) is 1.81. The van der Waals surface area contributed by atoms with E-state index >= 15 is 0 Å². The van der Waals surface area contributed by atoms with Crippen LogP contribution >= 0.6 is 24.0 Å². The second kappa shape index (κ2) is 13.5. The maximum absolute atomic E-state index is 13.5. The molecule has 0 aliphatic heterocycles. The van der Waals surface area contributed by atoms with Crippen LogP contribution in [0.25, 0.3) is 0 Å². The molecule has 0 radical (unpaired) electrons. The molecule has 0 unspecified atom stereocenters. The van der Waals surface area contributed by atoms with E-state index in [2.05, 4.69) is 22.5 Å². The summed E-state index contributed by atoms with van der Waals surface area (Å²) in [6, 6.07) is 3.40. The molecule has 0 aliphatic rings. The van der Waals surface area contributed by atoms with Gasteiger partial charge in [0, 0.05) is 38.9 Å². The van der Waals surface area contributed by atoms with E-state index in [1.807, 2.05) is 0 Å². The highest BCUT2D eigenvalue weighted by Crippen LogP contribution is 2.08. The van der Waals surface area contributed by atoms with Crippen LogP contribution in [0.4, 0.5) is 8.78 Å². The molecule has 4 nitrogen and oxygen atoms in total. The number of nitrogens with one attached hydrogen (secondary N) is 2. The van der Waals surface area contributed by atoms with Gasteiger partial charge in [0.2, 0.25) is 0 Å². The van der Waals surface area contributed by atoms with Crippen LogP contribution in [0.3, 0.4) is 0 Å². The van der Waals surface area contributed by atoms with Crippen LogP contribution in [0, 0.1) is 11.6 Å². The monoisotopic (exact) mass is 441 g/mol. The van der Waals surface area contributed by atoms with E-state index in [9.17, 15) is 8.78 Å². The molecule has 0 heterocycles. The van der Waals surface area contributed by atoms with Crippen molar-refractivity contribution in [1.82, 2.24) is 10.6 Å². The Kier molecular flexibility index (Phi) is 12.9. The zero-order valence-electron chi connectivity index (χ0n) is 13.7. The lowest BCUT2D eigenvalue weighted by atomic mass is 10.2. The normalized spacial score (nSPS) is 11.0. The van der Waals surface area contributed by atoms with Gasteiger partial charge in [-0.05, 0) is 31.0 Å². The molecule has 23 heavy (non-hydrogen) atoms. The maximum Gasteiger partial charge on any atom is 0.191 e. The summed E-state index contributed by atoms with van der Waals surface area (Å²) < 4.78 is 32.0. The van der Waals surface area contributed by atoms with E-state index < -0.39 is 11.6 Å². The van der Waals surface area contributed by atoms with E-state index in [0.717, 1.165) is 38.0 Å². The summed E-state index contributed by atoms with van der Waals surface area (Å²) in [4.78, 5) is 4.04. The van der Waals surface area contributed by atoms with Gasteiger partial charge in [-0.25, -0.2) is 8.78 Å². The second-order valence-corrected chi connectivity index (χ2v) is 4.91. The zero-order valence-corrected chi connectivity index (χ0v) is 16.0. The van der Waals surface area contributed by atoms with Gasteiger partial charge in [0.05, 0.1) is 0 Å². The summed E-state index contributed by atoms with van der Waals surface area (Å²) in [5.41, 5.74) is 0.269. The molecular weight excluding hydrogens is 415 g/mol. The predicted octanol–water partition coefficient (Wildman–Crippen LogP) is 3.45. The second-order valence-electron chi connectivity index (χ2n) is 4.91. The number of guanidine groups is 1. The number of ether oxygens (including phenoxy) is 1. The summed E-state index contributed by atoms with van der Waals surface area (Å²) in [6.45, 7) is 4.50. The van der Waals surface area contributed by atoms with Crippen LogP contribution in [0.15, 0.2) is 23.2 Å². The van der Waals surface area contributed by atoms with Crippen LogP contribution in [0.1, 0.15) is 31.7 Å². The average molecular weight is 441 g/mol. The van der Waals surface area contributed by atoms with Crippen molar-refractivity contribution < 1.29 is 13.5 Å². The Morgan fingerprint density at radius 1 is 1.17 bits per heavy atom. The molecule has 0 spiro atoms. The van der Waals surface area contributed by atoms with E-state index in [4.69, 9.17) is 4.74 Å². The van der Waals surface area contributed by atoms with E-state index in [0.29, 0.717) is 19.1 Å². The SMILES string of the molecule is CCCCOCCCNC(=NC)NCc1cc(F)ccc1F.I. The highest BCUT2D eigenvalue weighted by atomic mass is 127. The van der Waals surface area contributed by atoms with Gasteiger partial charge in [-0.1, -0.05) is 13.3 Å². The number of unbranched alkanes of at least 4 members (excludes halogenated alkanes) is 1. The first kappa shape index (κ1) is 22.0. The van der Waals surface area contributed by atoms with Crippen LogP contribution in [-0.4, -0.2) is 32.8 Å². The fourth-order valence-electron chi connectivity index (χ4n) is 1.81. The van der Waals surface area contributed by atoms with Crippen molar-refractivity contribution in [3.05, 3.63) is 35.4 Å². The highest BCUT2D eigenvalue weighted by Gasteiger charge is 2.05. The Labute approximate surface area is 154 Å². The predicted molar refractivity (Wildman–Crippen MR) is 100 cm³/mol. The molecular formula is C16H26F2IN3O. The molecule has 0 saturated heterocycles. The number of hydrogen-bond acceptors (Lipinski definition) is 2. The van der Waals surface area contributed by atoms with Crippen LogP contribution in [0.2, 0.25) is 0 Å². The first-order valence-corrected chi connectivity index (χ1v) is 7.63. The maximum atomic E-state index is 13.5. The molecule has 132 valence electrons. The average Bonchev–Trinajstić information content (AvgIpc) is 2.52. The molecule has 0 fully saturated rings. The molecule has 7 heteroatoms. The Morgan fingerprint density at radius 2 is 1.91 bits per heavy atom. The van der Waals surface area contributed by atoms with Gasteiger partial charge in [-0.2, -0.15) is 0 Å².